The van der Waals surface area contributed by atoms with Crippen LogP contribution >= 0.6 is 0 Å². The van der Waals surface area contributed by atoms with Gasteiger partial charge in [-0.25, -0.2) is 0 Å². The van der Waals surface area contributed by atoms with Gasteiger partial charge in [-0.2, -0.15) is 0 Å². The van der Waals surface area contributed by atoms with Gasteiger partial charge in [-0.3, -0.25) is 9.69 Å². The van der Waals surface area contributed by atoms with Gasteiger partial charge >= 0.3 is 0 Å². The first-order valence-electron chi connectivity index (χ1n) is 8.74. The van der Waals surface area contributed by atoms with Crippen LogP contribution in [0.25, 0.3) is 0 Å². The summed E-state index contributed by atoms with van der Waals surface area (Å²) in [5, 5.41) is 3.66. The van der Waals surface area contributed by atoms with Gasteiger partial charge in [0.15, 0.2) is 0 Å². The highest BCUT2D eigenvalue weighted by Crippen LogP contribution is 2.42. The van der Waals surface area contributed by atoms with Crippen LogP contribution < -0.4 is 20.7 Å². The molecule has 5 nitrogen and oxygen atoms in total. The fourth-order valence-corrected chi connectivity index (χ4v) is 3.96. The summed E-state index contributed by atoms with van der Waals surface area (Å²) in [5.74, 6) is 0.816. The smallest absolute Gasteiger partial charge is 0.262 e. The summed E-state index contributed by atoms with van der Waals surface area (Å²) in [6.07, 6.45) is 3.46. The van der Waals surface area contributed by atoms with Crippen molar-refractivity contribution in [2.75, 3.05) is 17.3 Å². The topological polar surface area (TPSA) is 67.6 Å². The Hall–Kier alpha value is -2.53. The maximum atomic E-state index is 13.4. The number of amides is 1. The van der Waals surface area contributed by atoms with Crippen molar-refractivity contribution in [2.45, 2.75) is 37.4 Å². The van der Waals surface area contributed by atoms with Crippen molar-refractivity contribution in [3.63, 3.8) is 0 Å². The number of benzene rings is 2. The van der Waals surface area contributed by atoms with E-state index in [9.17, 15) is 4.79 Å². The van der Waals surface area contributed by atoms with Crippen LogP contribution in [0.4, 0.5) is 11.4 Å². The number of ether oxygens (including phenoxy) is 1. The van der Waals surface area contributed by atoms with Crippen LogP contribution in [-0.2, 0) is 0 Å². The second-order valence-corrected chi connectivity index (χ2v) is 6.88. The van der Waals surface area contributed by atoms with Gasteiger partial charge in [0.05, 0.1) is 12.7 Å². The Kier molecular flexibility index (Phi) is 3.88. The normalized spacial score (nSPS) is 25.4. The molecule has 2 aromatic carbocycles. The van der Waals surface area contributed by atoms with Crippen LogP contribution in [0.1, 0.15) is 36.0 Å². The zero-order valence-corrected chi connectivity index (χ0v) is 14.4. The van der Waals surface area contributed by atoms with Gasteiger partial charge in [0.2, 0.25) is 0 Å². The van der Waals surface area contributed by atoms with Gasteiger partial charge in [-0.05, 0) is 62.1 Å². The van der Waals surface area contributed by atoms with Gasteiger partial charge in [-0.15, -0.1) is 0 Å². The van der Waals surface area contributed by atoms with E-state index in [4.69, 9.17) is 10.5 Å². The first kappa shape index (κ1) is 16.0. The van der Waals surface area contributed by atoms with Crippen molar-refractivity contribution in [1.82, 2.24) is 0 Å². The van der Waals surface area contributed by atoms with Crippen molar-refractivity contribution in [3.8, 4) is 5.75 Å². The third-order valence-corrected chi connectivity index (χ3v) is 5.34. The van der Waals surface area contributed by atoms with E-state index in [0.717, 1.165) is 42.8 Å². The standard InChI is InChI=1S/C20H23N3O2/c1-25-16-8-6-15(7-9-16)23-19(24)17-4-2-3-5-18(17)22-20(23)12-10-14(21)11-13-20/h2-9,14,22H,10-13,21H2,1H3. The van der Waals surface area contributed by atoms with E-state index in [2.05, 4.69) is 5.32 Å². The second kappa shape index (κ2) is 6.08. The van der Waals surface area contributed by atoms with Crippen LogP contribution in [0.3, 0.4) is 0 Å². The molecule has 1 saturated carbocycles. The minimum atomic E-state index is -0.421. The molecular weight excluding hydrogens is 314 g/mol. The molecule has 1 fully saturated rings. The third-order valence-electron chi connectivity index (χ3n) is 5.34. The van der Waals surface area contributed by atoms with Gasteiger partial charge in [0.25, 0.3) is 5.91 Å². The number of nitrogens with one attached hydrogen (secondary N) is 1. The Morgan fingerprint density at radius 1 is 1.12 bits per heavy atom. The zero-order chi connectivity index (χ0) is 17.4. The molecule has 1 amide bonds. The number of anilines is 2. The molecule has 0 aromatic heterocycles. The molecule has 0 bridgehead atoms. The summed E-state index contributed by atoms with van der Waals surface area (Å²) in [7, 11) is 1.64. The molecule has 5 heteroatoms. The number of rotatable bonds is 2. The quantitative estimate of drug-likeness (QED) is 0.882. The fourth-order valence-electron chi connectivity index (χ4n) is 3.96. The van der Waals surface area contributed by atoms with E-state index in [1.165, 1.54) is 0 Å². The average Bonchev–Trinajstić information content (AvgIpc) is 2.65. The van der Waals surface area contributed by atoms with Crippen molar-refractivity contribution in [3.05, 3.63) is 54.1 Å². The molecule has 25 heavy (non-hydrogen) atoms. The highest BCUT2D eigenvalue weighted by molar-refractivity contribution is 6.12. The number of methoxy groups -OCH3 is 1. The lowest BCUT2D eigenvalue weighted by molar-refractivity contribution is 0.0935. The molecule has 1 aliphatic carbocycles. The SMILES string of the molecule is COc1ccc(N2C(=O)c3ccccc3NC23CCC(N)CC3)cc1. The molecule has 0 atom stereocenters. The molecule has 2 aliphatic rings. The van der Waals surface area contributed by atoms with Crippen molar-refractivity contribution < 1.29 is 9.53 Å². The predicted molar refractivity (Wildman–Crippen MR) is 99.0 cm³/mol. The van der Waals surface area contributed by atoms with Gasteiger partial charge in [0.1, 0.15) is 11.4 Å². The molecule has 0 radical (unpaired) electrons. The maximum absolute atomic E-state index is 13.4. The Morgan fingerprint density at radius 2 is 1.80 bits per heavy atom. The van der Waals surface area contributed by atoms with Gasteiger partial charge in [-0.1, -0.05) is 12.1 Å². The first-order chi connectivity index (χ1) is 12.1. The third kappa shape index (κ3) is 2.65. The fraction of sp³-hybridized carbons (Fsp3) is 0.350. The lowest BCUT2D eigenvalue weighted by atomic mass is 9.82. The predicted octanol–water partition coefficient (Wildman–Crippen LogP) is 3.37. The number of fused-ring (bicyclic) bond motifs is 1. The summed E-state index contributed by atoms with van der Waals surface area (Å²) >= 11 is 0. The van der Waals surface area contributed by atoms with Gasteiger partial charge < -0.3 is 15.8 Å². The molecular formula is C20H23N3O2. The number of para-hydroxylation sites is 1. The summed E-state index contributed by atoms with van der Waals surface area (Å²) in [5.41, 5.74) is 8.20. The molecule has 130 valence electrons. The second-order valence-electron chi connectivity index (χ2n) is 6.88. The number of carbonyl (C=O) groups excluding carboxylic acids is 1. The summed E-state index contributed by atoms with van der Waals surface area (Å²) in [6.45, 7) is 0. The van der Waals surface area contributed by atoms with Crippen LogP contribution in [0.5, 0.6) is 5.75 Å². The Morgan fingerprint density at radius 3 is 2.48 bits per heavy atom. The molecule has 1 aliphatic heterocycles. The van der Waals surface area contributed by atoms with Crippen molar-refractivity contribution in [1.29, 1.82) is 0 Å². The lowest BCUT2D eigenvalue weighted by Crippen LogP contribution is -2.62. The summed E-state index contributed by atoms with van der Waals surface area (Å²) in [6, 6.07) is 15.6. The van der Waals surface area contributed by atoms with Crippen LogP contribution in [0.15, 0.2) is 48.5 Å². The van der Waals surface area contributed by atoms with Crippen molar-refractivity contribution >= 4 is 17.3 Å². The summed E-state index contributed by atoms with van der Waals surface area (Å²) < 4.78 is 5.26. The van der Waals surface area contributed by atoms with E-state index in [-0.39, 0.29) is 11.9 Å². The van der Waals surface area contributed by atoms with E-state index in [1.54, 1.807) is 7.11 Å². The Bertz CT molecular complexity index is 780. The number of nitrogens with zero attached hydrogens (tertiary/aromatic N) is 1. The van der Waals surface area contributed by atoms with E-state index in [0.29, 0.717) is 5.56 Å². The number of carbonyl (C=O) groups is 1. The Balaban J connectivity index is 1.80. The number of hydrogen-bond donors (Lipinski definition) is 2. The first-order valence-corrected chi connectivity index (χ1v) is 8.74. The van der Waals surface area contributed by atoms with Crippen LogP contribution in [0, 0.1) is 0 Å². The monoisotopic (exact) mass is 337 g/mol. The zero-order valence-electron chi connectivity index (χ0n) is 14.4. The van der Waals surface area contributed by atoms with Crippen LogP contribution in [-0.4, -0.2) is 24.7 Å². The average molecular weight is 337 g/mol. The molecule has 2 aromatic rings. The maximum Gasteiger partial charge on any atom is 0.262 e. The molecule has 1 heterocycles. The van der Waals surface area contributed by atoms with Gasteiger partial charge in [0, 0.05) is 17.4 Å². The minimum Gasteiger partial charge on any atom is -0.497 e. The molecule has 3 N–H and O–H groups in total. The van der Waals surface area contributed by atoms with Crippen molar-refractivity contribution in [2.24, 2.45) is 5.73 Å². The molecule has 1 spiro atoms. The van der Waals surface area contributed by atoms with E-state index in [1.807, 2.05) is 53.4 Å². The minimum absolute atomic E-state index is 0.0370. The van der Waals surface area contributed by atoms with E-state index >= 15 is 0 Å². The highest BCUT2D eigenvalue weighted by atomic mass is 16.5. The largest absolute Gasteiger partial charge is 0.497 e. The molecule has 4 rings (SSSR count). The highest BCUT2D eigenvalue weighted by Gasteiger charge is 2.47. The number of hydrogen-bond acceptors (Lipinski definition) is 4. The lowest BCUT2D eigenvalue weighted by Gasteiger charge is -2.51. The summed E-state index contributed by atoms with van der Waals surface area (Å²) in [4.78, 5) is 15.3. The van der Waals surface area contributed by atoms with Crippen LogP contribution in [0.2, 0.25) is 0 Å². The number of nitrogens with two attached hydrogens (primary N) is 1. The Labute approximate surface area is 147 Å². The molecule has 0 unspecified atom stereocenters. The molecule has 0 saturated heterocycles. The van der Waals surface area contributed by atoms with E-state index < -0.39 is 5.66 Å².